The predicted octanol–water partition coefficient (Wildman–Crippen LogP) is 1.57. The Labute approximate surface area is 127 Å². The van der Waals surface area contributed by atoms with Crippen LogP contribution >= 0.6 is 0 Å². The number of amides is 1. The van der Waals surface area contributed by atoms with Crippen LogP contribution in [0.4, 0.5) is 0 Å². The molecular formula is C18H27N2O+. The van der Waals surface area contributed by atoms with Crippen LogP contribution in [0.2, 0.25) is 0 Å². The lowest BCUT2D eigenvalue weighted by atomic mass is 9.83. The van der Waals surface area contributed by atoms with Crippen LogP contribution in [0.15, 0.2) is 24.3 Å². The Bertz CT molecular complexity index is 498. The summed E-state index contributed by atoms with van der Waals surface area (Å²) in [6.45, 7) is 5.53. The zero-order chi connectivity index (χ0) is 14.7. The molecule has 1 unspecified atom stereocenters. The van der Waals surface area contributed by atoms with Crippen LogP contribution in [0, 0.1) is 12.8 Å². The number of rotatable bonds is 3. The number of carbonyl (C=O) groups excluding carboxylic acids is 1. The van der Waals surface area contributed by atoms with Gasteiger partial charge in [0.25, 0.3) is 5.91 Å². The summed E-state index contributed by atoms with van der Waals surface area (Å²) < 4.78 is 0. The molecule has 0 saturated carbocycles. The Morgan fingerprint density at radius 3 is 2.86 bits per heavy atom. The molecule has 2 fully saturated rings. The molecule has 0 spiro atoms. The number of piperidine rings is 2. The van der Waals surface area contributed by atoms with Gasteiger partial charge in [0.2, 0.25) is 0 Å². The highest BCUT2D eigenvalue weighted by molar-refractivity contribution is 5.95. The molecule has 0 aromatic heterocycles. The number of hydrogen-bond donors (Lipinski definition) is 2. The van der Waals surface area contributed by atoms with Gasteiger partial charge in [0.05, 0.1) is 19.1 Å². The molecule has 0 aliphatic carbocycles. The maximum Gasteiger partial charge on any atom is 0.251 e. The highest BCUT2D eigenvalue weighted by Crippen LogP contribution is 2.20. The summed E-state index contributed by atoms with van der Waals surface area (Å²) in [6, 6.07) is 8.63. The van der Waals surface area contributed by atoms with E-state index in [1.807, 2.05) is 31.2 Å². The van der Waals surface area contributed by atoms with Crippen molar-refractivity contribution in [2.45, 2.75) is 45.1 Å². The Balaban J connectivity index is 1.59. The van der Waals surface area contributed by atoms with Gasteiger partial charge in [0, 0.05) is 18.0 Å². The fourth-order valence-corrected chi connectivity index (χ4v) is 4.17. The van der Waals surface area contributed by atoms with Crippen molar-refractivity contribution in [3.8, 4) is 0 Å². The summed E-state index contributed by atoms with van der Waals surface area (Å²) in [4.78, 5) is 14.1. The van der Waals surface area contributed by atoms with Gasteiger partial charge in [-0.3, -0.25) is 4.79 Å². The van der Waals surface area contributed by atoms with E-state index in [1.165, 1.54) is 45.2 Å². The third-order valence-electron chi connectivity index (χ3n) is 5.34. The van der Waals surface area contributed by atoms with Gasteiger partial charge < -0.3 is 10.2 Å². The molecule has 21 heavy (non-hydrogen) atoms. The molecule has 1 amide bonds. The molecule has 2 aliphatic heterocycles. The molecule has 0 radical (unpaired) electrons. The molecule has 3 nitrogen and oxygen atoms in total. The van der Waals surface area contributed by atoms with Crippen molar-refractivity contribution in [3.05, 3.63) is 35.4 Å². The number of quaternary nitrogens is 1. The van der Waals surface area contributed by atoms with Crippen LogP contribution in [0.25, 0.3) is 0 Å². The van der Waals surface area contributed by atoms with Gasteiger partial charge in [-0.25, -0.2) is 0 Å². The predicted molar refractivity (Wildman–Crippen MR) is 84.6 cm³/mol. The highest BCUT2D eigenvalue weighted by atomic mass is 16.1. The first-order chi connectivity index (χ1) is 10.3. The van der Waals surface area contributed by atoms with Gasteiger partial charge in [-0.05, 0) is 50.7 Å². The number of carbonyl (C=O) groups is 1. The van der Waals surface area contributed by atoms with Gasteiger partial charge >= 0.3 is 0 Å². The maximum atomic E-state index is 12.4. The summed E-state index contributed by atoms with van der Waals surface area (Å²) in [5.74, 6) is 0.762. The first-order valence-corrected chi connectivity index (χ1v) is 8.44. The summed E-state index contributed by atoms with van der Waals surface area (Å²) in [7, 11) is 0. The third-order valence-corrected chi connectivity index (χ3v) is 5.34. The quantitative estimate of drug-likeness (QED) is 0.869. The molecule has 3 rings (SSSR count). The number of hydrogen-bond acceptors (Lipinski definition) is 1. The van der Waals surface area contributed by atoms with Gasteiger partial charge in [-0.2, -0.15) is 0 Å². The Morgan fingerprint density at radius 1 is 1.19 bits per heavy atom. The van der Waals surface area contributed by atoms with Crippen molar-refractivity contribution in [2.75, 3.05) is 19.6 Å². The van der Waals surface area contributed by atoms with Crippen LogP contribution < -0.4 is 10.2 Å². The van der Waals surface area contributed by atoms with Crippen molar-refractivity contribution < 1.29 is 9.69 Å². The van der Waals surface area contributed by atoms with Crippen LogP contribution in [-0.4, -0.2) is 31.6 Å². The second kappa shape index (κ2) is 6.61. The summed E-state index contributed by atoms with van der Waals surface area (Å²) >= 11 is 0. The minimum Gasteiger partial charge on any atom is -0.352 e. The van der Waals surface area contributed by atoms with Crippen LogP contribution in [0.3, 0.4) is 0 Å². The average molecular weight is 287 g/mol. The molecule has 2 saturated heterocycles. The minimum absolute atomic E-state index is 0.0935. The monoisotopic (exact) mass is 287 g/mol. The van der Waals surface area contributed by atoms with E-state index < -0.39 is 0 Å². The van der Waals surface area contributed by atoms with E-state index in [4.69, 9.17) is 0 Å². The normalized spacial score (nSPS) is 28.7. The van der Waals surface area contributed by atoms with E-state index in [0.717, 1.165) is 23.7 Å². The second-order valence-corrected chi connectivity index (χ2v) is 6.69. The number of fused-ring (bicyclic) bond motifs is 1. The summed E-state index contributed by atoms with van der Waals surface area (Å²) in [5, 5.41) is 3.19. The van der Waals surface area contributed by atoms with Gasteiger partial charge in [0.1, 0.15) is 0 Å². The largest absolute Gasteiger partial charge is 0.352 e. The van der Waals surface area contributed by atoms with Crippen LogP contribution in [-0.2, 0) is 0 Å². The molecule has 1 aromatic carbocycles. The van der Waals surface area contributed by atoms with E-state index in [-0.39, 0.29) is 5.91 Å². The SMILES string of the molecule is Cc1ccccc1C(=O)NC[C@H]1CCC[NH+]2CCCC[C@@H]12. The second-order valence-electron chi connectivity index (χ2n) is 6.69. The molecule has 2 heterocycles. The summed E-state index contributed by atoms with van der Waals surface area (Å²) in [5.41, 5.74) is 1.88. The third kappa shape index (κ3) is 3.29. The number of benzene rings is 1. The molecule has 2 N–H and O–H groups in total. The molecule has 3 atom stereocenters. The lowest BCUT2D eigenvalue weighted by Gasteiger charge is -2.41. The minimum atomic E-state index is 0.0935. The molecule has 0 bridgehead atoms. The van der Waals surface area contributed by atoms with Gasteiger partial charge in [-0.15, -0.1) is 0 Å². The van der Waals surface area contributed by atoms with Crippen molar-refractivity contribution in [1.29, 1.82) is 0 Å². The fraction of sp³-hybridized carbons (Fsp3) is 0.611. The molecular weight excluding hydrogens is 260 g/mol. The highest BCUT2D eigenvalue weighted by Gasteiger charge is 2.36. The lowest BCUT2D eigenvalue weighted by Crippen LogP contribution is -3.18. The van der Waals surface area contributed by atoms with Crippen molar-refractivity contribution in [3.63, 3.8) is 0 Å². The van der Waals surface area contributed by atoms with Crippen LogP contribution in [0.5, 0.6) is 0 Å². The first kappa shape index (κ1) is 14.6. The Kier molecular flexibility index (Phi) is 4.59. The van der Waals surface area contributed by atoms with Crippen molar-refractivity contribution >= 4 is 5.91 Å². The van der Waals surface area contributed by atoms with Gasteiger partial charge in [0.15, 0.2) is 0 Å². The average Bonchev–Trinajstić information content (AvgIpc) is 2.53. The van der Waals surface area contributed by atoms with E-state index in [9.17, 15) is 4.79 Å². The van der Waals surface area contributed by atoms with Crippen molar-refractivity contribution in [2.24, 2.45) is 5.92 Å². The van der Waals surface area contributed by atoms with E-state index >= 15 is 0 Å². The molecule has 2 aliphatic rings. The molecule has 114 valence electrons. The number of aryl methyl sites for hydroxylation is 1. The van der Waals surface area contributed by atoms with E-state index in [2.05, 4.69) is 5.32 Å². The Morgan fingerprint density at radius 2 is 2.00 bits per heavy atom. The summed E-state index contributed by atoms with van der Waals surface area (Å²) in [6.07, 6.45) is 6.70. The lowest BCUT2D eigenvalue weighted by molar-refractivity contribution is -0.939. The van der Waals surface area contributed by atoms with E-state index in [0.29, 0.717) is 5.92 Å². The van der Waals surface area contributed by atoms with Crippen LogP contribution in [0.1, 0.15) is 48.0 Å². The van der Waals surface area contributed by atoms with E-state index in [1.54, 1.807) is 4.90 Å². The molecule has 3 heteroatoms. The first-order valence-electron chi connectivity index (χ1n) is 8.44. The zero-order valence-electron chi connectivity index (χ0n) is 13.0. The topological polar surface area (TPSA) is 33.5 Å². The maximum absolute atomic E-state index is 12.4. The zero-order valence-corrected chi connectivity index (χ0v) is 13.0. The standard InChI is InChI=1S/C18H26N2O/c1-14-7-2-3-9-16(14)18(21)19-13-15-8-6-12-20-11-5-4-10-17(15)20/h2-3,7,9,15,17H,4-6,8,10-13H2,1H3,(H,19,21)/p+1/t15-,17+/m1/s1. The molecule has 1 aromatic rings. The van der Waals surface area contributed by atoms with Crippen molar-refractivity contribution in [1.82, 2.24) is 5.32 Å². The fourth-order valence-electron chi connectivity index (χ4n) is 4.17. The Hall–Kier alpha value is -1.35. The van der Waals surface area contributed by atoms with Gasteiger partial charge in [-0.1, -0.05) is 18.2 Å². The number of nitrogens with one attached hydrogen (secondary N) is 2. The smallest absolute Gasteiger partial charge is 0.251 e.